The molecule has 0 bridgehead atoms. The second-order valence-electron chi connectivity index (χ2n) is 10.9. The fourth-order valence-corrected chi connectivity index (χ4v) is 6.02. The van der Waals surface area contributed by atoms with Crippen LogP contribution in [0.2, 0.25) is 0 Å². The lowest BCUT2D eigenvalue weighted by atomic mass is 9.82. The molecule has 200 valence electrons. The standard InChI is InChI=1S/C32H31FN2O4/c1-18-17-32(2,3)34-23-10-9-21-28(27(18)23)26(39-25-12-11-24(36)30(38-4)29(21)25)15-19-7-8-20(33)16-22(19)31(37)35-13-5-6-14-35/h7-12,15-17,34,36H,5-6,13-14H2,1-4H3/b26-15-. The van der Waals surface area contributed by atoms with E-state index >= 15 is 0 Å². The molecule has 1 saturated heterocycles. The molecule has 0 atom stereocenters. The zero-order valence-corrected chi connectivity index (χ0v) is 22.5. The first kappa shape index (κ1) is 25.0. The van der Waals surface area contributed by atoms with Gasteiger partial charge in [0.15, 0.2) is 11.5 Å². The number of hydrogen-bond acceptors (Lipinski definition) is 5. The number of halogens is 1. The van der Waals surface area contributed by atoms with Crippen molar-refractivity contribution in [3.63, 3.8) is 0 Å². The molecule has 1 fully saturated rings. The lowest BCUT2D eigenvalue weighted by molar-refractivity contribution is 0.0792. The maximum absolute atomic E-state index is 14.4. The lowest BCUT2D eigenvalue weighted by Gasteiger charge is -2.35. The van der Waals surface area contributed by atoms with Crippen LogP contribution in [0.4, 0.5) is 10.1 Å². The Kier molecular flexibility index (Phi) is 5.90. The number of phenols is 1. The molecule has 0 unspecified atom stereocenters. The van der Waals surface area contributed by atoms with Gasteiger partial charge in [-0.3, -0.25) is 4.79 Å². The van der Waals surface area contributed by atoms with Gasteiger partial charge in [0.05, 0.1) is 18.2 Å². The Hall–Kier alpha value is -4.26. The Morgan fingerprint density at radius 1 is 1.10 bits per heavy atom. The van der Waals surface area contributed by atoms with Crippen molar-refractivity contribution in [2.45, 2.75) is 39.2 Å². The minimum atomic E-state index is -0.460. The average Bonchev–Trinajstić information content (AvgIpc) is 3.43. The molecule has 2 N–H and O–H groups in total. The molecule has 3 aliphatic rings. The third kappa shape index (κ3) is 4.22. The van der Waals surface area contributed by atoms with Crippen molar-refractivity contribution in [2.75, 3.05) is 25.5 Å². The molecule has 0 spiro atoms. The van der Waals surface area contributed by atoms with Gasteiger partial charge < -0.3 is 24.8 Å². The molecule has 6 rings (SSSR count). The molecule has 7 heteroatoms. The number of anilines is 1. The van der Waals surface area contributed by atoms with Crippen LogP contribution in [0.25, 0.3) is 28.5 Å². The molecule has 39 heavy (non-hydrogen) atoms. The highest BCUT2D eigenvalue weighted by atomic mass is 19.1. The van der Waals surface area contributed by atoms with Crippen molar-refractivity contribution in [1.82, 2.24) is 4.90 Å². The zero-order valence-electron chi connectivity index (χ0n) is 22.5. The van der Waals surface area contributed by atoms with Gasteiger partial charge in [0.1, 0.15) is 17.3 Å². The number of likely N-dealkylation sites (tertiary alicyclic amines) is 1. The van der Waals surface area contributed by atoms with E-state index in [0.717, 1.165) is 40.8 Å². The van der Waals surface area contributed by atoms with Crippen molar-refractivity contribution >= 4 is 29.0 Å². The molecular weight excluding hydrogens is 495 g/mol. The first-order chi connectivity index (χ1) is 18.7. The van der Waals surface area contributed by atoms with E-state index in [-0.39, 0.29) is 17.2 Å². The van der Waals surface area contributed by atoms with Gasteiger partial charge in [0.25, 0.3) is 5.91 Å². The molecule has 1 amide bonds. The number of benzene rings is 3. The number of allylic oxidation sites excluding steroid dienone is 1. The number of rotatable bonds is 3. The van der Waals surface area contributed by atoms with Crippen LogP contribution in [-0.4, -0.2) is 41.7 Å². The summed E-state index contributed by atoms with van der Waals surface area (Å²) in [5.41, 5.74) is 5.90. The molecule has 0 radical (unpaired) electrons. The van der Waals surface area contributed by atoms with Crippen LogP contribution in [0, 0.1) is 5.82 Å². The topological polar surface area (TPSA) is 71.0 Å². The number of hydrogen-bond donors (Lipinski definition) is 2. The molecule has 0 saturated carbocycles. The van der Waals surface area contributed by atoms with Crippen LogP contribution in [0.15, 0.2) is 48.5 Å². The zero-order chi connectivity index (χ0) is 27.5. The van der Waals surface area contributed by atoms with Crippen LogP contribution in [-0.2, 0) is 0 Å². The molecule has 3 aliphatic heterocycles. The number of amides is 1. The van der Waals surface area contributed by atoms with Crippen LogP contribution in [0.5, 0.6) is 17.2 Å². The second kappa shape index (κ2) is 9.19. The van der Waals surface area contributed by atoms with E-state index in [1.54, 1.807) is 17.0 Å². The Bertz CT molecular complexity index is 1580. The Balaban J connectivity index is 1.60. The van der Waals surface area contributed by atoms with Crippen LogP contribution in [0.1, 0.15) is 60.7 Å². The number of carbonyl (C=O) groups is 1. The SMILES string of the molecule is COc1c(O)ccc2c1-c1ccc3c(c1/C(=C/c1ccc(F)cc1C(=O)N1CCCC1)O2)C(C)=CC(C)(C)N3. The average molecular weight is 527 g/mol. The van der Waals surface area contributed by atoms with Crippen molar-refractivity contribution in [2.24, 2.45) is 0 Å². The van der Waals surface area contributed by atoms with Gasteiger partial charge >= 0.3 is 0 Å². The summed E-state index contributed by atoms with van der Waals surface area (Å²) in [4.78, 5) is 15.2. The smallest absolute Gasteiger partial charge is 0.254 e. The van der Waals surface area contributed by atoms with Crippen molar-refractivity contribution in [3.8, 4) is 28.4 Å². The van der Waals surface area contributed by atoms with E-state index in [0.29, 0.717) is 47.0 Å². The van der Waals surface area contributed by atoms with Crippen molar-refractivity contribution in [3.05, 3.63) is 76.6 Å². The summed E-state index contributed by atoms with van der Waals surface area (Å²) in [6.45, 7) is 7.61. The third-order valence-electron chi connectivity index (χ3n) is 7.60. The number of ether oxygens (including phenoxy) is 2. The number of aromatic hydroxyl groups is 1. The largest absolute Gasteiger partial charge is 0.504 e. The number of methoxy groups -OCH3 is 1. The minimum Gasteiger partial charge on any atom is -0.504 e. The van der Waals surface area contributed by atoms with E-state index in [2.05, 4.69) is 32.2 Å². The number of fused-ring (bicyclic) bond motifs is 5. The number of carbonyl (C=O) groups excluding carboxylic acids is 1. The Labute approximate surface area is 227 Å². The highest BCUT2D eigenvalue weighted by molar-refractivity contribution is 6.04. The van der Waals surface area contributed by atoms with Crippen LogP contribution in [0.3, 0.4) is 0 Å². The number of phenolic OH excluding ortho intramolecular Hbond substituents is 1. The quantitative estimate of drug-likeness (QED) is 0.387. The molecule has 3 heterocycles. The highest BCUT2D eigenvalue weighted by Crippen LogP contribution is 2.54. The Morgan fingerprint density at radius 3 is 2.62 bits per heavy atom. The number of nitrogens with zero attached hydrogens (tertiary/aromatic N) is 1. The van der Waals surface area contributed by atoms with E-state index in [1.165, 1.54) is 25.3 Å². The molecule has 3 aromatic rings. The van der Waals surface area contributed by atoms with Crippen LogP contribution >= 0.6 is 0 Å². The van der Waals surface area contributed by atoms with Crippen molar-refractivity contribution < 1.29 is 23.8 Å². The predicted molar refractivity (Wildman–Crippen MR) is 151 cm³/mol. The van der Waals surface area contributed by atoms with Gasteiger partial charge in [-0.1, -0.05) is 18.2 Å². The van der Waals surface area contributed by atoms with Gasteiger partial charge in [0.2, 0.25) is 0 Å². The summed E-state index contributed by atoms with van der Waals surface area (Å²) in [5, 5.41) is 14.2. The predicted octanol–water partition coefficient (Wildman–Crippen LogP) is 6.94. The third-order valence-corrected chi connectivity index (χ3v) is 7.60. The highest BCUT2D eigenvalue weighted by Gasteiger charge is 2.34. The summed E-state index contributed by atoms with van der Waals surface area (Å²) >= 11 is 0. The van der Waals surface area contributed by atoms with Crippen molar-refractivity contribution in [1.29, 1.82) is 0 Å². The molecular formula is C32H31FN2O4. The second-order valence-corrected chi connectivity index (χ2v) is 10.9. The Morgan fingerprint density at radius 2 is 1.87 bits per heavy atom. The first-order valence-corrected chi connectivity index (χ1v) is 13.2. The number of nitrogens with one attached hydrogen (secondary N) is 1. The van der Waals surface area contributed by atoms with Gasteiger partial charge in [-0.05, 0) is 81.2 Å². The molecule has 0 aliphatic carbocycles. The van der Waals surface area contributed by atoms with Gasteiger partial charge in [0, 0.05) is 41.0 Å². The van der Waals surface area contributed by atoms with Gasteiger partial charge in [-0.15, -0.1) is 0 Å². The summed E-state index contributed by atoms with van der Waals surface area (Å²) in [6.07, 6.45) is 5.88. The summed E-state index contributed by atoms with van der Waals surface area (Å²) in [7, 11) is 1.52. The van der Waals surface area contributed by atoms with Gasteiger partial charge in [-0.25, -0.2) is 4.39 Å². The summed E-state index contributed by atoms with van der Waals surface area (Å²) in [6, 6.07) is 11.6. The monoisotopic (exact) mass is 526 g/mol. The molecule has 0 aromatic heterocycles. The van der Waals surface area contributed by atoms with Gasteiger partial charge in [-0.2, -0.15) is 0 Å². The molecule has 6 nitrogen and oxygen atoms in total. The molecule has 3 aromatic carbocycles. The lowest BCUT2D eigenvalue weighted by Crippen LogP contribution is -2.32. The van der Waals surface area contributed by atoms with Crippen LogP contribution < -0.4 is 14.8 Å². The van der Waals surface area contributed by atoms with E-state index in [4.69, 9.17) is 9.47 Å². The fourth-order valence-electron chi connectivity index (χ4n) is 6.02. The van der Waals surface area contributed by atoms with E-state index in [1.807, 2.05) is 18.2 Å². The van der Waals surface area contributed by atoms with E-state index < -0.39 is 5.82 Å². The van der Waals surface area contributed by atoms with E-state index in [9.17, 15) is 14.3 Å². The summed E-state index contributed by atoms with van der Waals surface area (Å²) < 4.78 is 26.5. The maximum atomic E-state index is 14.4. The maximum Gasteiger partial charge on any atom is 0.254 e. The fraction of sp³-hybridized carbons (Fsp3) is 0.281. The minimum absolute atomic E-state index is 0.0134. The summed E-state index contributed by atoms with van der Waals surface area (Å²) in [5.74, 6) is 0.737. The normalized spacial score (nSPS) is 17.9. The first-order valence-electron chi connectivity index (χ1n) is 13.2.